The molecule has 0 bridgehead atoms. The summed E-state index contributed by atoms with van der Waals surface area (Å²) in [7, 11) is 0. The normalized spacial score (nSPS) is 14.2. The minimum atomic E-state index is -5.08. The number of hydrogen-bond acceptors (Lipinski definition) is 4. The van der Waals surface area contributed by atoms with Gasteiger partial charge in [0.2, 0.25) is 11.8 Å². The van der Waals surface area contributed by atoms with E-state index in [2.05, 4.69) is 24.5 Å². The Morgan fingerprint density at radius 1 is 1.09 bits per heavy atom. The lowest BCUT2D eigenvalue weighted by atomic mass is 9.95. The van der Waals surface area contributed by atoms with Gasteiger partial charge in [-0.05, 0) is 43.0 Å². The summed E-state index contributed by atoms with van der Waals surface area (Å²) in [6.07, 6.45) is -3.28. The van der Waals surface area contributed by atoms with E-state index in [-0.39, 0.29) is 23.6 Å². The minimum Gasteiger partial charge on any atom is -0.475 e. The highest BCUT2D eigenvalue weighted by Crippen LogP contribution is 2.20. The summed E-state index contributed by atoms with van der Waals surface area (Å²) >= 11 is 0. The number of amides is 3. The molecule has 0 aromatic heterocycles. The van der Waals surface area contributed by atoms with Crippen LogP contribution in [0.15, 0.2) is 24.3 Å². The van der Waals surface area contributed by atoms with E-state index < -0.39 is 12.1 Å². The Balaban J connectivity index is 0.000000675. The number of carboxylic acids is 1. The number of carboxylic acid groups (broad SMARTS) is 1. The van der Waals surface area contributed by atoms with Crippen LogP contribution in [0.25, 0.3) is 0 Å². The molecule has 1 aromatic carbocycles. The Labute approximate surface area is 190 Å². The van der Waals surface area contributed by atoms with Gasteiger partial charge in [0.25, 0.3) is 5.91 Å². The van der Waals surface area contributed by atoms with Crippen molar-refractivity contribution in [2.45, 2.75) is 46.2 Å². The third kappa shape index (κ3) is 9.92. The number of nitrogens with one attached hydrogen (secondary N) is 2. The van der Waals surface area contributed by atoms with Gasteiger partial charge >= 0.3 is 12.1 Å². The molecule has 3 N–H and O–H groups in total. The number of benzene rings is 1. The summed E-state index contributed by atoms with van der Waals surface area (Å²) in [5.74, 6) is -2.31. The highest BCUT2D eigenvalue weighted by molar-refractivity contribution is 5.96. The lowest BCUT2D eigenvalue weighted by molar-refractivity contribution is -0.192. The number of anilines is 1. The van der Waals surface area contributed by atoms with E-state index in [1.165, 1.54) is 0 Å². The maximum atomic E-state index is 12.6. The Kier molecular flexibility index (Phi) is 10.8. The second-order valence-corrected chi connectivity index (χ2v) is 7.99. The van der Waals surface area contributed by atoms with E-state index in [9.17, 15) is 27.6 Å². The highest BCUT2D eigenvalue weighted by atomic mass is 19.4. The molecule has 33 heavy (non-hydrogen) atoms. The standard InChI is InChI=1S/C20H29N3O3.C2HF3O2/c1-4-18(24)22-17-7-5-16(6-8-17)20(26)23-11-9-15(10-12-23)19(25)21-13-14(2)3;3-2(4,5)1(6)7/h5-8,14-15H,4,9-13H2,1-3H3,(H,21,25)(H,22,24);(H,6,7). The Hall–Kier alpha value is -3.11. The predicted octanol–water partition coefficient (Wildman–Crippen LogP) is 3.29. The first kappa shape index (κ1) is 27.9. The molecule has 0 spiro atoms. The number of aliphatic carboxylic acids is 1. The topological polar surface area (TPSA) is 116 Å². The molecule has 0 unspecified atom stereocenters. The molecule has 1 aliphatic rings. The van der Waals surface area contributed by atoms with Crippen LogP contribution in [0.5, 0.6) is 0 Å². The largest absolute Gasteiger partial charge is 0.490 e. The first-order valence-electron chi connectivity index (χ1n) is 10.6. The van der Waals surface area contributed by atoms with Crippen LogP contribution in [0, 0.1) is 11.8 Å². The maximum absolute atomic E-state index is 12.6. The van der Waals surface area contributed by atoms with Crippen LogP contribution in [0.2, 0.25) is 0 Å². The average molecular weight is 473 g/mol. The van der Waals surface area contributed by atoms with Crippen LogP contribution >= 0.6 is 0 Å². The Bertz CT molecular complexity index is 818. The van der Waals surface area contributed by atoms with E-state index in [0.29, 0.717) is 56.1 Å². The lowest BCUT2D eigenvalue weighted by Crippen LogP contribution is -2.43. The van der Waals surface area contributed by atoms with Crippen molar-refractivity contribution in [3.05, 3.63) is 29.8 Å². The molecule has 3 amide bonds. The van der Waals surface area contributed by atoms with Gasteiger partial charge in [-0.3, -0.25) is 14.4 Å². The third-order valence-corrected chi connectivity index (χ3v) is 4.82. The van der Waals surface area contributed by atoms with Gasteiger partial charge in [0.1, 0.15) is 0 Å². The highest BCUT2D eigenvalue weighted by Gasteiger charge is 2.38. The zero-order chi connectivity index (χ0) is 25.2. The smallest absolute Gasteiger partial charge is 0.475 e. The quantitative estimate of drug-likeness (QED) is 0.586. The first-order chi connectivity index (χ1) is 15.3. The van der Waals surface area contributed by atoms with Gasteiger partial charge in [0, 0.05) is 43.2 Å². The monoisotopic (exact) mass is 473 g/mol. The Morgan fingerprint density at radius 2 is 1.61 bits per heavy atom. The van der Waals surface area contributed by atoms with Crippen LogP contribution < -0.4 is 10.6 Å². The van der Waals surface area contributed by atoms with Gasteiger partial charge in [-0.2, -0.15) is 13.2 Å². The van der Waals surface area contributed by atoms with E-state index in [0.717, 1.165) is 0 Å². The molecule has 0 aliphatic carbocycles. The molecule has 2 rings (SSSR count). The lowest BCUT2D eigenvalue weighted by Gasteiger charge is -2.31. The average Bonchev–Trinajstić information content (AvgIpc) is 2.77. The van der Waals surface area contributed by atoms with Gasteiger partial charge in [0.05, 0.1) is 0 Å². The van der Waals surface area contributed by atoms with Crippen molar-refractivity contribution in [3.8, 4) is 0 Å². The van der Waals surface area contributed by atoms with Crippen molar-refractivity contribution < 1.29 is 37.5 Å². The van der Waals surface area contributed by atoms with Crippen molar-refractivity contribution in [1.82, 2.24) is 10.2 Å². The molecular formula is C22H30F3N3O5. The number of hydrogen-bond donors (Lipinski definition) is 3. The van der Waals surface area contributed by atoms with Crippen LogP contribution in [0.3, 0.4) is 0 Å². The number of rotatable bonds is 6. The van der Waals surface area contributed by atoms with Crippen molar-refractivity contribution in [2.75, 3.05) is 25.0 Å². The van der Waals surface area contributed by atoms with E-state index >= 15 is 0 Å². The Morgan fingerprint density at radius 3 is 2.03 bits per heavy atom. The predicted molar refractivity (Wildman–Crippen MR) is 116 cm³/mol. The molecule has 0 radical (unpaired) electrons. The molecule has 184 valence electrons. The molecule has 1 aromatic rings. The van der Waals surface area contributed by atoms with Gasteiger partial charge in [-0.25, -0.2) is 4.79 Å². The van der Waals surface area contributed by atoms with Gasteiger partial charge in [-0.15, -0.1) is 0 Å². The molecule has 0 saturated carbocycles. The number of halogens is 3. The second-order valence-electron chi connectivity index (χ2n) is 7.99. The maximum Gasteiger partial charge on any atom is 0.490 e. The molecule has 1 fully saturated rings. The summed E-state index contributed by atoms with van der Waals surface area (Å²) in [4.78, 5) is 46.9. The number of carbonyl (C=O) groups excluding carboxylic acids is 3. The van der Waals surface area contributed by atoms with E-state index in [1.54, 1.807) is 36.1 Å². The van der Waals surface area contributed by atoms with Crippen LogP contribution in [0.4, 0.5) is 18.9 Å². The fourth-order valence-electron chi connectivity index (χ4n) is 2.92. The first-order valence-corrected chi connectivity index (χ1v) is 10.6. The molecule has 8 nitrogen and oxygen atoms in total. The van der Waals surface area contributed by atoms with Crippen LogP contribution in [-0.4, -0.2) is 59.5 Å². The fraction of sp³-hybridized carbons (Fsp3) is 0.545. The molecular weight excluding hydrogens is 443 g/mol. The number of likely N-dealkylation sites (tertiary alicyclic amines) is 1. The van der Waals surface area contributed by atoms with E-state index in [1.807, 2.05) is 0 Å². The summed E-state index contributed by atoms with van der Waals surface area (Å²) in [6, 6.07) is 6.95. The summed E-state index contributed by atoms with van der Waals surface area (Å²) in [5, 5.41) is 12.9. The van der Waals surface area contributed by atoms with Crippen molar-refractivity contribution in [2.24, 2.45) is 11.8 Å². The van der Waals surface area contributed by atoms with Gasteiger partial charge in [0.15, 0.2) is 0 Å². The second kappa shape index (κ2) is 12.8. The SMILES string of the molecule is CCC(=O)Nc1ccc(C(=O)N2CCC(C(=O)NCC(C)C)CC2)cc1.O=C(O)C(F)(F)F. The molecule has 11 heteroatoms. The summed E-state index contributed by atoms with van der Waals surface area (Å²) < 4.78 is 31.7. The molecule has 0 atom stereocenters. The van der Waals surface area contributed by atoms with Gasteiger partial charge < -0.3 is 20.6 Å². The number of nitrogens with zero attached hydrogens (tertiary/aromatic N) is 1. The van der Waals surface area contributed by atoms with Gasteiger partial charge in [-0.1, -0.05) is 20.8 Å². The number of alkyl halides is 3. The van der Waals surface area contributed by atoms with Crippen LogP contribution in [-0.2, 0) is 14.4 Å². The summed E-state index contributed by atoms with van der Waals surface area (Å²) in [5.41, 5.74) is 1.29. The van der Waals surface area contributed by atoms with Crippen molar-refractivity contribution in [1.29, 1.82) is 0 Å². The van der Waals surface area contributed by atoms with Crippen molar-refractivity contribution >= 4 is 29.4 Å². The van der Waals surface area contributed by atoms with Crippen LogP contribution in [0.1, 0.15) is 50.4 Å². The van der Waals surface area contributed by atoms with Crippen molar-refractivity contribution in [3.63, 3.8) is 0 Å². The molecule has 1 aliphatic heterocycles. The number of carbonyl (C=O) groups is 4. The van der Waals surface area contributed by atoms with E-state index in [4.69, 9.17) is 9.90 Å². The zero-order valence-corrected chi connectivity index (χ0v) is 18.9. The third-order valence-electron chi connectivity index (χ3n) is 4.82. The summed E-state index contributed by atoms with van der Waals surface area (Å²) in [6.45, 7) is 7.81. The zero-order valence-electron chi connectivity index (χ0n) is 18.9. The number of piperidine rings is 1. The fourth-order valence-corrected chi connectivity index (χ4v) is 2.92. The minimum absolute atomic E-state index is 0.00978. The molecule has 1 saturated heterocycles. The molecule has 1 heterocycles.